The number of nitrogens with one attached hydrogen (secondary N) is 1. The molecule has 0 aromatic carbocycles. The maximum atomic E-state index is 6.31. The molecule has 1 saturated carbocycles. The minimum atomic E-state index is 0.364. The summed E-state index contributed by atoms with van der Waals surface area (Å²) in [5.74, 6) is 0.752. The lowest BCUT2D eigenvalue weighted by Gasteiger charge is -2.44. The fourth-order valence-corrected chi connectivity index (χ4v) is 3.50. The second-order valence-electron chi connectivity index (χ2n) is 6.94. The number of hydrogen-bond acceptors (Lipinski definition) is 2. The first kappa shape index (κ1) is 17.0. The lowest BCUT2D eigenvalue weighted by atomic mass is 9.72. The molecule has 0 bridgehead atoms. The molecule has 0 saturated heterocycles. The predicted octanol–water partition coefficient (Wildman–Crippen LogP) is 4.39. The normalized spacial score (nSPS) is 28.3. The molecule has 114 valence electrons. The van der Waals surface area contributed by atoms with Crippen LogP contribution in [0.3, 0.4) is 0 Å². The monoisotopic (exact) mass is 269 g/mol. The molecule has 0 radical (unpaired) electrons. The Bertz CT molecular complexity index is 239. The Morgan fingerprint density at radius 1 is 1.32 bits per heavy atom. The van der Waals surface area contributed by atoms with Crippen LogP contribution in [0.15, 0.2) is 0 Å². The molecule has 1 fully saturated rings. The van der Waals surface area contributed by atoms with E-state index in [0.717, 1.165) is 12.5 Å². The Morgan fingerprint density at radius 3 is 2.63 bits per heavy atom. The Hall–Kier alpha value is -0.0800. The van der Waals surface area contributed by atoms with E-state index in [-0.39, 0.29) is 0 Å². The van der Waals surface area contributed by atoms with Gasteiger partial charge < -0.3 is 10.1 Å². The van der Waals surface area contributed by atoms with Gasteiger partial charge in [0, 0.05) is 12.6 Å². The van der Waals surface area contributed by atoms with E-state index in [0.29, 0.717) is 17.6 Å². The third kappa shape index (κ3) is 5.07. The van der Waals surface area contributed by atoms with Gasteiger partial charge in [-0.3, -0.25) is 0 Å². The van der Waals surface area contributed by atoms with E-state index in [1.165, 1.54) is 44.9 Å². The van der Waals surface area contributed by atoms with Gasteiger partial charge in [-0.15, -0.1) is 0 Å². The average molecular weight is 269 g/mol. The van der Waals surface area contributed by atoms with Gasteiger partial charge in [-0.1, -0.05) is 53.4 Å². The summed E-state index contributed by atoms with van der Waals surface area (Å²) in [5.41, 5.74) is 0.364. The van der Waals surface area contributed by atoms with Crippen LogP contribution < -0.4 is 5.32 Å². The van der Waals surface area contributed by atoms with Crippen LogP contribution in [-0.2, 0) is 4.74 Å². The zero-order valence-corrected chi connectivity index (χ0v) is 13.8. The van der Waals surface area contributed by atoms with E-state index in [4.69, 9.17) is 4.74 Å². The Balaban J connectivity index is 2.45. The molecule has 1 rings (SSSR count). The maximum absolute atomic E-state index is 6.31. The third-order valence-corrected chi connectivity index (χ3v) is 4.92. The molecule has 1 aliphatic rings. The zero-order chi connectivity index (χ0) is 14.3. The van der Waals surface area contributed by atoms with Crippen LogP contribution in [0, 0.1) is 11.3 Å². The molecule has 0 aromatic heterocycles. The molecule has 0 aromatic rings. The molecular formula is C17H35NO. The molecule has 0 aliphatic heterocycles. The van der Waals surface area contributed by atoms with E-state index in [2.05, 4.69) is 40.1 Å². The Morgan fingerprint density at radius 2 is 2.05 bits per heavy atom. The molecule has 1 aliphatic carbocycles. The highest BCUT2D eigenvalue weighted by Crippen LogP contribution is 2.37. The van der Waals surface area contributed by atoms with Crippen molar-refractivity contribution in [2.45, 2.75) is 84.8 Å². The SMILES string of the molecule is CCCCC(CC)COC1CCCC(C)(C)C1NC. The number of rotatable bonds is 8. The smallest absolute Gasteiger partial charge is 0.0733 e. The van der Waals surface area contributed by atoms with Gasteiger partial charge in [0.1, 0.15) is 0 Å². The van der Waals surface area contributed by atoms with Crippen molar-refractivity contribution in [2.24, 2.45) is 11.3 Å². The lowest BCUT2D eigenvalue weighted by molar-refractivity contribution is -0.0486. The first-order valence-electron chi connectivity index (χ1n) is 8.34. The van der Waals surface area contributed by atoms with Crippen molar-refractivity contribution in [3.63, 3.8) is 0 Å². The number of unbranched alkanes of at least 4 members (excludes halogenated alkanes) is 1. The fraction of sp³-hybridized carbons (Fsp3) is 1.00. The summed E-state index contributed by atoms with van der Waals surface area (Å²) in [6.45, 7) is 10.3. The molecule has 0 spiro atoms. The molecule has 0 heterocycles. The first-order valence-corrected chi connectivity index (χ1v) is 8.34. The molecule has 2 nitrogen and oxygen atoms in total. The molecular weight excluding hydrogens is 234 g/mol. The van der Waals surface area contributed by atoms with Crippen molar-refractivity contribution >= 4 is 0 Å². The summed E-state index contributed by atoms with van der Waals surface area (Å²) in [6, 6.07) is 0.505. The molecule has 2 heteroatoms. The van der Waals surface area contributed by atoms with E-state index >= 15 is 0 Å². The van der Waals surface area contributed by atoms with Crippen molar-refractivity contribution in [3.05, 3.63) is 0 Å². The summed E-state index contributed by atoms with van der Waals surface area (Å²) in [7, 11) is 2.09. The van der Waals surface area contributed by atoms with Crippen molar-refractivity contribution in [2.75, 3.05) is 13.7 Å². The molecule has 0 amide bonds. The van der Waals surface area contributed by atoms with Gasteiger partial charge >= 0.3 is 0 Å². The van der Waals surface area contributed by atoms with Crippen LogP contribution in [0.1, 0.15) is 72.6 Å². The van der Waals surface area contributed by atoms with E-state index in [1.807, 2.05) is 0 Å². The summed E-state index contributed by atoms with van der Waals surface area (Å²) in [4.78, 5) is 0. The zero-order valence-electron chi connectivity index (χ0n) is 13.8. The van der Waals surface area contributed by atoms with Crippen molar-refractivity contribution in [1.82, 2.24) is 5.32 Å². The topological polar surface area (TPSA) is 21.3 Å². The molecule has 19 heavy (non-hydrogen) atoms. The average Bonchev–Trinajstić information content (AvgIpc) is 2.38. The lowest BCUT2D eigenvalue weighted by Crippen LogP contribution is -2.52. The second-order valence-corrected chi connectivity index (χ2v) is 6.94. The fourth-order valence-electron chi connectivity index (χ4n) is 3.50. The van der Waals surface area contributed by atoms with Crippen LogP contribution in [-0.4, -0.2) is 25.8 Å². The number of likely N-dealkylation sites (N-methyl/N-ethyl adjacent to an activating group) is 1. The standard InChI is InChI=1S/C17H35NO/c1-6-8-10-14(7-2)13-19-15-11-9-12-17(3,4)16(15)18-5/h14-16,18H,6-13H2,1-5H3. The number of hydrogen-bond donors (Lipinski definition) is 1. The Labute approximate surface area is 120 Å². The summed E-state index contributed by atoms with van der Waals surface area (Å²) >= 11 is 0. The highest BCUT2D eigenvalue weighted by molar-refractivity contribution is 4.93. The van der Waals surface area contributed by atoms with Crippen LogP contribution >= 0.6 is 0 Å². The minimum Gasteiger partial charge on any atom is -0.376 e. The number of ether oxygens (including phenoxy) is 1. The van der Waals surface area contributed by atoms with E-state index in [9.17, 15) is 0 Å². The summed E-state index contributed by atoms with van der Waals surface area (Å²) in [5, 5.41) is 3.50. The largest absolute Gasteiger partial charge is 0.376 e. The highest BCUT2D eigenvalue weighted by atomic mass is 16.5. The quantitative estimate of drug-likeness (QED) is 0.706. The van der Waals surface area contributed by atoms with Crippen molar-refractivity contribution in [3.8, 4) is 0 Å². The molecule has 3 atom stereocenters. The second kappa shape index (κ2) is 8.26. The maximum Gasteiger partial charge on any atom is 0.0733 e. The van der Waals surface area contributed by atoms with Crippen LogP contribution in [0.5, 0.6) is 0 Å². The predicted molar refractivity (Wildman–Crippen MR) is 83.5 cm³/mol. The van der Waals surface area contributed by atoms with Gasteiger partial charge in [0.25, 0.3) is 0 Å². The van der Waals surface area contributed by atoms with Crippen LogP contribution in [0.2, 0.25) is 0 Å². The Kier molecular flexibility index (Phi) is 7.38. The van der Waals surface area contributed by atoms with Crippen molar-refractivity contribution in [1.29, 1.82) is 0 Å². The van der Waals surface area contributed by atoms with Crippen LogP contribution in [0.25, 0.3) is 0 Å². The minimum absolute atomic E-state index is 0.364. The van der Waals surface area contributed by atoms with Gasteiger partial charge in [-0.05, 0) is 37.6 Å². The van der Waals surface area contributed by atoms with Gasteiger partial charge in [0.2, 0.25) is 0 Å². The van der Waals surface area contributed by atoms with Crippen LogP contribution in [0.4, 0.5) is 0 Å². The van der Waals surface area contributed by atoms with E-state index < -0.39 is 0 Å². The van der Waals surface area contributed by atoms with E-state index in [1.54, 1.807) is 0 Å². The van der Waals surface area contributed by atoms with Gasteiger partial charge in [0.15, 0.2) is 0 Å². The van der Waals surface area contributed by atoms with Gasteiger partial charge in [0.05, 0.1) is 6.10 Å². The first-order chi connectivity index (χ1) is 9.05. The van der Waals surface area contributed by atoms with Crippen molar-refractivity contribution < 1.29 is 4.74 Å². The van der Waals surface area contributed by atoms with Gasteiger partial charge in [-0.2, -0.15) is 0 Å². The van der Waals surface area contributed by atoms with Gasteiger partial charge in [-0.25, -0.2) is 0 Å². The highest BCUT2D eigenvalue weighted by Gasteiger charge is 2.38. The molecule has 1 N–H and O–H groups in total. The summed E-state index contributed by atoms with van der Waals surface area (Å²) in [6.07, 6.45) is 9.46. The molecule has 3 unspecified atom stereocenters. The third-order valence-electron chi connectivity index (χ3n) is 4.92. The summed E-state index contributed by atoms with van der Waals surface area (Å²) < 4.78 is 6.31.